The Morgan fingerprint density at radius 1 is 1.15 bits per heavy atom. The van der Waals surface area contributed by atoms with Crippen molar-refractivity contribution in [3.8, 4) is 11.5 Å². The Hall–Kier alpha value is -3.22. The maximum atomic E-state index is 13.6. The Labute approximate surface area is 188 Å². The first-order chi connectivity index (χ1) is 15.8. The predicted molar refractivity (Wildman–Crippen MR) is 112 cm³/mol. The zero-order valence-electron chi connectivity index (χ0n) is 17.3. The van der Waals surface area contributed by atoms with Gasteiger partial charge in [-0.15, -0.1) is 0 Å². The van der Waals surface area contributed by atoms with Crippen LogP contribution in [0.4, 0.5) is 10.1 Å². The van der Waals surface area contributed by atoms with Gasteiger partial charge in [0.05, 0.1) is 16.7 Å². The monoisotopic (exact) mass is 480 g/mol. The fraction of sp³-hybridized carbons (Fsp3) is 0.333. The van der Waals surface area contributed by atoms with Crippen molar-refractivity contribution < 1.29 is 41.7 Å². The number of anilines is 1. The molecule has 0 bridgehead atoms. The van der Waals surface area contributed by atoms with Crippen molar-refractivity contribution in [3.63, 3.8) is 0 Å². The quantitative estimate of drug-likeness (QED) is 0.583. The third-order valence-corrected chi connectivity index (χ3v) is 6.99. The first-order valence-corrected chi connectivity index (χ1v) is 11.5. The molecule has 0 spiro atoms. The van der Waals surface area contributed by atoms with Crippen LogP contribution in [-0.2, 0) is 24.3 Å². The molecule has 0 radical (unpaired) electrons. The average Bonchev–Trinajstić information content (AvgIpc) is 3.21. The highest BCUT2D eigenvalue weighted by Gasteiger charge is 2.44. The Morgan fingerprint density at radius 2 is 1.88 bits per heavy atom. The maximum Gasteiger partial charge on any atom is 0.325 e. The lowest BCUT2D eigenvalue weighted by molar-refractivity contribution is -0.150. The summed E-state index contributed by atoms with van der Waals surface area (Å²) in [4.78, 5) is 24.5. The molecule has 2 aromatic carbocycles. The molecule has 1 unspecified atom stereocenters. The highest BCUT2D eigenvalue weighted by molar-refractivity contribution is 7.89. The first-order valence-electron chi connectivity index (χ1n) is 10.1. The van der Waals surface area contributed by atoms with Gasteiger partial charge in [0.15, 0.2) is 18.1 Å². The number of nitrogens with zero attached hydrogens (tertiary/aromatic N) is 1. The van der Waals surface area contributed by atoms with E-state index in [-0.39, 0.29) is 35.9 Å². The molecule has 2 aromatic rings. The molecule has 1 fully saturated rings. The van der Waals surface area contributed by atoms with Gasteiger partial charge in [0, 0.05) is 19.0 Å². The van der Waals surface area contributed by atoms with Gasteiger partial charge in [-0.25, -0.2) is 12.8 Å². The van der Waals surface area contributed by atoms with E-state index < -0.39 is 46.5 Å². The van der Waals surface area contributed by atoms with Crippen LogP contribution in [0.3, 0.4) is 0 Å². The number of rotatable bonds is 6. The Kier molecular flexibility index (Phi) is 6.49. The van der Waals surface area contributed by atoms with E-state index >= 15 is 0 Å². The summed E-state index contributed by atoms with van der Waals surface area (Å²) in [6.45, 7) is -0.464. The van der Waals surface area contributed by atoms with Crippen molar-refractivity contribution in [1.29, 1.82) is 0 Å². The van der Waals surface area contributed by atoms with Crippen LogP contribution in [0.25, 0.3) is 0 Å². The number of aliphatic hydroxyl groups excluding tert-OH is 1. The van der Waals surface area contributed by atoms with Gasteiger partial charge >= 0.3 is 5.97 Å². The summed E-state index contributed by atoms with van der Waals surface area (Å²) >= 11 is 0. The van der Waals surface area contributed by atoms with Gasteiger partial charge in [0.2, 0.25) is 10.0 Å². The normalized spacial score (nSPS) is 20.3. The first kappa shape index (κ1) is 23.0. The lowest BCUT2D eigenvalue weighted by atomic mass is 10.2. The van der Waals surface area contributed by atoms with E-state index in [0.29, 0.717) is 12.4 Å². The largest absolute Gasteiger partial charge is 0.486 e. The average molecular weight is 480 g/mol. The van der Waals surface area contributed by atoms with E-state index in [1.807, 2.05) is 0 Å². The fourth-order valence-electron chi connectivity index (χ4n) is 3.57. The standard InChI is InChI=1S/C21H21FN2O8S/c22-15-3-1-2-4-16(15)23-20(26)12-32-21(27)17-9-13(25)11-24(17)33(28,29)14-5-6-18-19(10-14)31-8-7-30-18/h1-6,10,13,17,25H,7-9,11-12H2,(H,23,26)/t13?,17-/m0/s1. The molecule has 12 heteroatoms. The van der Waals surface area contributed by atoms with Crippen molar-refractivity contribution >= 4 is 27.6 Å². The Morgan fingerprint density at radius 3 is 2.64 bits per heavy atom. The minimum absolute atomic E-state index is 0.0855. The van der Waals surface area contributed by atoms with Gasteiger partial charge in [-0.3, -0.25) is 9.59 Å². The van der Waals surface area contributed by atoms with Crippen molar-refractivity contribution in [2.75, 3.05) is 31.7 Å². The highest BCUT2D eigenvalue weighted by Crippen LogP contribution is 2.35. The molecule has 0 aromatic heterocycles. The number of esters is 1. The number of para-hydroxylation sites is 1. The van der Waals surface area contributed by atoms with Gasteiger partial charge in [0.25, 0.3) is 5.91 Å². The van der Waals surface area contributed by atoms with E-state index in [0.717, 1.165) is 10.4 Å². The minimum Gasteiger partial charge on any atom is -0.486 e. The van der Waals surface area contributed by atoms with Crippen LogP contribution < -0.4 is 14.8 Å². The third-order valence-electron chi connectivity index (χ3n) is 5.12. The number of aliphatic hydroxyl groups is 1. The zero-order valence-corrected chi connectivity index (χ0v) is 18.1. The number of carbonyl (C=O) groups excluding carboxylic acids is 2. The summed E-state index contributed by atoms with van der Waals surface area (Å²) in [5.41, 5.74) is -0.0855. The molecule has 10 nitrogen and oxygen atoms in total. The number of benzene rings is 2. The molecular formula is C21H21FN2O8S. The van der Waals surface area contributed by atoms with Crippen molar-refractivity contribution in [3.05, 3.63) is 48.3 Å². The SMILES string of the molecule is O=C(COC(=O)[C@@H]1CC(O)CN1S(=O)(=O)c1ccc2c(c1)OCCO2)Nc1ccccc1F. The van der Waals surface area contributed by atoms with Crippen LogP contribution in [-0.4, -0.2) is 68.2 Å². The maximum absolute atomic E-state index is 13.6. The molecule has 4 rings (SSSR count). The molecule has 2 heterocycles. The summed E-state index contributed by atoms with van der Waals surface area (Å²) in [5.74, 6) is -1.80. The number of amides is 1. The number of hydrogen-bond donors (Lipinski definition) is 2. The molecule has 2 aliphatic rings. The minimum atomic E-state index is -4.21. The Balaban J connectivity index is 1.45. The highest BCUT2D eigenvalue weighted by atomic mass is 32.2. The lowest BCUT2D eigenvalue weighted by Gasteiger charge is -2.24. The van der Waals surface area contributed by atoms with Crippen LogP contribution in [0.15, 0.2) is 47.4 Å². The summed E-state index contributed by atoms with van der Waals surface area (Å²) in [7, 11) is -4.21. The van der Waals surface area contributed by atoms with E-state index in [9.17, 15) is 27.5 Å². The number of halogens is 1. The zero-order chi connectivity index (χ0) is 23.6. The van der Waals surface area contributed by atoms with Gasteiger partial charge < -0.3 is 24.6 Å². The second kappa shape index (κ2) is 9.33. The summed E-state index contributed by atoms with van der Waals surface area (Å²) in [6.07, 6.45) is -1.29. The van der Waals surface area contributed by atoms with Gasteiger partial charge in [0.1, 0.15) is 25.1 Å². The lowest BCUT2D eigenvalue weighted by Crippen LogP contribution is -2.42. The fourth-order valence-corrected chi connectivity index (χ4v) is 5.21. The number of β-amino-alcohol motifs (C(OH)–C–C–N with tert-alkyl or cyclic N) is 1. The molecule has 2 atom stereocenters. The van der Waals surface area contributed by atoms with Gasteiger partial charge in [-0.1, -0.05) is 12.1 Å². The summed E-state index contributed by atoms with van der Waals surface area (Å²) in [6, 6.07) is 8.19. The second-order valence-electron chi connectivity index (χ2n) is 7.42. The van der Waals surface area contributed by atoms with Crippen molar-refractivity contribution in [2.24, 2.45) is 0 Å². The molecule has 2 aliphatic heterocycles. The van der Waals surface area contributed by atoms with Crippen LogP contribution >= 0.6 is 0 Å². The number of fused-ring (bicyclic) bond motifs is 1. The van der Waals surface area contributed by atoms with E-state index in [2.05, 4.69) is 5.32 Å². The number of hydrogen-bond acceptors (Lipinski definition) is 8. The number of sulfonamides is 1. The molecular weight excluding hydrogens is 459 g/mol. The molecule has 2 N–H and O–H groups in total. The molecule has 33 heavy (non-hydrogen) atoms. The van der Waals surface area contributed by atoms with Crippen LogP contribution in [0.5, 0.6) is 11.5 Å². The molecule has 0 aliphatic carbocycles. The molecule has 176 valence electrons. The number of nitrogens with one attached hydrogen (secondary N) is 1. The third kappa shape index (κ3) is 4.92. The second-order valence-corrected chi connectivity index (χ2v) is 9.31. The number of ether oxygens (including phenoxy) is 3. The molecule has 1 saturated heterocycles. The predicted octanol–water partition coefficient (Wildman–Crippen LogP) is 0.903. The van der Waals surface area contributed by atoms with Gasteiger partial charge in [-0.05, 0) is 24.3 Å². The smallest absolute Gasteiger partial charge is 0.325 e. The summed E-state index contributed by atoms with van der Waals surface area (Å²) < 4.78 is 56.6. The molecule has 1 amide bonds. The molecule has 0 saturated carbocycles. The van der Waals surface area contributed by atoms with E-state index in [1.54, 1.807) is 0 Å². The number of carbonyl (C=O) groups is 2. The van der Waals surface area contributed by atoms with Crippen LogP contribution in [0.1, 0.15) is 6.42 Å². The van der Waals surface area contributed by atoms with Crippen molar-refractivity contribution in [2.45, 2.75) is 23.5 Å². The topological polar surface area (TPSA) is 131 Å². The van der Waals surface area contributed by atoms with E-state index in [1.165, 1.54) is 36.4 Å². The summed E-state index contributed by atoms with van der Waals surface area (Å²) in [5, 5.41) is 12.3. The van der Waals surface area contributed by atoms with Crippen LogP contribution in [0, 0.1) is 5.82 Å². The Bertz CT molecular complexity index is 1170. The van der Waals surface area contributed by atoms with Gasteiger partial charge in [-0.2, -0.15) is 4.31 Å². The van der Waals surface area contributed by atoms with E-state index in [4.69, 9.17) is 14.2 Å². The van der Waals surface area contributed by atoms with Crippen LogP contribution in [0.2, 0.25) is 0 Å². The van der Waals surface area contributed by atoms with Crippen molar-refractivity contribution in [1.82, 2.24) is 4.31 Å².